The van der Waals surface area contributed by atoms with Crippen LogP contribution in [0.15, 0.2) is 29.2 Å². The molecule has 21 heavy (non-hydrogen) atoms. The van der Waals surface area contributed by atoms with E-state index in [1.54, 1.807) is 28.6 Å². The third-order valence-electron chi connectivity index (χ3n) is 3.83. The van der Waals surface area contributed by atoms with Crippen LogP contribution in [-0.4, -0.2) is 38.0 Å². The Morgan fingerprint density at radius 3 is 2.86 bits per heavy atom. The zero-order chi connectivity index (χ0) is 15.5. The van der Waals surface area contributed by atoms with Crippen molar-refractivity contribution in [3.05, 3.63) is 24.3 Å². The van der Waals surface area contributed by atoms with Crippen LogP contribution in [0.2, 0.25) is 0 Å². The molecule has 0 radical (unpaired) electrons. The van der Waals surface area contributed by atoms with E-state index in [4.69, 9.17) is 10.5 Å². The summed E-state index contributed by atoms with van der Waals surface area (Å²) in [5, 5.41) is 0. The first-order valence-electron chi connectivity index (χ1n) is 7.47. The van der Waals surface area contributed by atoms with Crippen molar-refractivity contribution in [2.45, 2.75) is 50.1 Å². The van der Waals surface area contributed by atoms with E-state index >= 15 is 0 Å². The first kappa shape index (κ1) is 16.3. The predicted octanol–water partition coefficient (Wildman–Crippen LogP) is 1.98. The third kappa shape index (κ3) is 3.56. The molecule has 2 atom stereocenters. The molecule has 1 aromatic rings. The van der Waals surface area contributed by atoms with E-state index in [1.807, 2.05) is 13.8 Å². The number of benzene rings is 1. The lowest BCUT2D eigenvalue weighted by Gasteiger charge is -2.36. The summed E-state index contributed by atoms with van der Waals surface area (Å²) < 4.78 is 32.7. The van der Waals surface area contributed by atoms with Gasteiger partial charge < -0.3 is 10.5 Å². The van der Waals surface area contributed by atoms with Crippen molar-refractivity contribution >= 4 is 10.0 Å². The van der Waals surface area contributed by atoms with Gasteiger partial charge in [0.2, 0.25) is 10.0 Å². The van der Waals surface area contributed by atoms with Gasteiger partial charge in [-0.1, -0.05) is 12.5 Å². The fraction of sp³-hybridized carbons (Fsp3) is 0.600. The number of ether oxygens (including phenoxy) is 1. The van der Waals surface area contributed by atoms with Gasteiger partial charge in [-0.25, -0.2) is 8.42 Å². The fourth-order valence-corrected chi connectivity index (χ4v) is 4.59. The maximum Gasteiger partial charge on any atom is 0.243 e. The summed E-state index contributed by atoms with van der Waals surface area (Å²) in [5.41, 5.74) is 5.98. The van der Waals surface area contributed by atoms with E-state index in [2.05, 4.69) is 0 Å². The molecule has 1 aromatic carbocycles. The van der Waals surface area contributed by atoms with Crippen LogP contribution < -0.4 is 10.5 Å². The van der Waals surface area contributed by atoms with Gasteiger partial charge >= 0.3 is 0 Å². The number of nitrogens with two attached hydrogens (primary N) is 1. The summed E-state index contributed by atoms with van der Waals surface area (Å²) in [7, 11) is -3.52. The Morgan fingerprint density at radius 1 is 1.43 bits per heavy atom. The summed E-state index contributed by atoms with van der Waals surface area (Å²) in [5.74, 6) is 0.577. The second kappa shape index (κ2) is 6.77. The standard InChI is InChI=1S/C15H24N2O3S/c1-3-20-13-7-6-8-14(11-13)21(18,19)17-10-5-4-9-15(17)12(2)16/h6-8,11-12,15H,3-5,9-10,16H2,1-2H3. The second-order valence-corrected chi connectivity index (χ2v) is 7.34. The Bertz CT molecular complexity index is 572. The Kier molecular flexibility index (Phi) is 5.24. The molecule has 6 heteroatoms. The van der Waals surface area contributed by atoms with E-state index in [9.17, 15) is 8.42 Å². The van der Waals surface area contributed by atoms with Gasteiger partial charge in [0.15, 0.2) is 0 Å². The largest absolute Gasteiger partial charge is 0.494 e. The van der Waals surface area contributed by atoms with E-state index in [-0.39, 0.29) is 17.0 Å². The minimum absolute atomic E-state index is 0.125. The lowest BCUT2D eigenvalue weighted by molar-refractivity contribution is 0.227. The quantitative estimate of drug-likeness (QED) is 0.902. The molecule has 5 nitrogen and oxygen atoms in total. The van der Waals surface area contributed by atoms with Crippen molar-refractivity contribution in [3.8, 4) is 5.75 Å². The van der Waals surface area contributed by atoms with Gasteiger partial charge in [-0.15, -0.1) is 0 Å². The SMILES string of the molecule is CCOc1cccc(S(=O)(=O)N2CCCCC2C(C)N)c1. The van der Waals surface area contributed by atoms with Crippen molar-refractivity contribution in [2.24, 2.45) is 5.73 Å². The van der Waals surface area contributed by atoms with Gasteiger partial charge in [-0.05, 0) is 38.8 Å². The first-order chi connectivity index (χ1) is 9.96. The van der Waals surface area contributed by atoms with Crippen molar-refractivity contribution in [2.75, 3.05) is 13.2 Å². The highest BCUT2D eigenvalue weighted by atomic mass is 32.2. The number of rotatable bonds is 5. The molecule has 1 saturated heterocycles. The fourth-order valence-electron chi connectivity index (χ4n) is 2.78. The van der Waals surface area contributed by atoms with Crippen LogP contribution in [0.3, 0.4) is 0 Å². The van der Waals surface area contributed by atoms with Crippen molar-refractivity contribution in [1.82, 2.24) is 4.31 Å². The molecule has 1 aliphatic heterocycles. The average Bonchev–Trinajstić information content (AvgIpc) is 2.48. The van der Waals surface area contributed by atoms with E-state index in [1.165, 1.54) is 0 Å². The van der Waals surface area contributed by atoms with Crippen molar-refractivity contribution in [1.29, 1.82) is 0 Å². The topological polar surface area (TPSA) is 72.6 Å². The highest BCUT2D eigenvalue weighted by molar-refractivity contribution is 7.89. The molecule has 0 saturated carbocycles. The normalized spacial score (nSPS) is 22.0. The minimum Gasteiger partial charge on any atom is -0.494 e. The van der Waals surface area contributed by atoms with E-state index in [0.29, 0.717) is 18.9 Å². The van der Waals surface area contributed by atoms with Crippen LogP contribution in [0.25, 0.3) is 0 Å². The molecule has 0 spiro atoms. The summed E-state index contributed by atoms with van der Waals surface area (Å²) in [4.78, 5) is 0.279. The smallest absolute Gasteiger partial charge is 0.243 e. The monoisotopic (exact) mass is 312 g/mol. The highest BCUT2D eigenvalue weighted by Crippen LogP contribution is 2.28. The Morgan fingerprint density at radius 2 is 2.19 bits per heavy atom. The lowest BCUT2D eigenvalue weighted by Crippen LogP contribution is -2.51. The molecule has 2 rings (SSSR count). The lowest BCUT2D eigenvalue weighted by atomic mass is 10.00. The van der Waals surface area contributed by atoms with Crippen LogP contribution in [0.5, 0.6) is 5.75 Å². The molecule has 2 N–H and O–H groups in total. The maximum absolute atomic E-state index is 12.9. The van der Waals surface area contributed by atoms with Gasteiger partial charge in [-0.3, -0.25) is 0 Å². The number of sulfonamides is 1. The Hall–Kier alpha value is -1.11. The molecule has 2 unspecified atom stereocenters. The summed E-state index contributed by atoms with van der Waals surface area (Å²) >= 11 is 0. The van der Waals surface area contributed by atoms with Crippen LogP contribution in [0.1, 0.15) is 33.1 Å². The van der Waals surface area contributed by atoms with E-state index < -0.39 is 10.0 Å². The van der Waals surface area contributed by atoms with Crippen LogP contribution in [0, 0.1) is 0 Å². The number of piperidine rings is 1. The molecule has 0 aliphatic carbocycles. The number of hydrogen-bond acceptors (Lipinski definition) is 4. The molecule has 0 aromatic heterocycles. The number of hydrogen-bond donors (Lipinski definition) is 1. The zero-order valence-electron chi connectivity index (χ0n) is 12.7. The average molecular weight is 312 g/mol. The van der Waals surface area contributed by atoms with Gasteiger partial charge in [0.25, 0.3) is 0 Å². The second-order valence-electron chi connectivity index (χ2n) is 5.45. The molecule has 1 heterocycles. The van der Waals surface area contributed by atoms with Gasteiger partial charge in [0.1, 0.15) is 5.75 Å². The summed E-state index contributed by atoms with van der Waals surface area (Å²) in [6.07, 6.45) is 2.73. The molecule has 1 aliphatic rings. The zero-order valence-corrected chi connectivity index (χ0v) is 13.5. The molecule has 118 valence electrons. The van der Waals surface area contributed by atoms with Crippen LogP contribution >= 0.6 is 0 Å². The molecule has 0 bridgehead atoms. The van der Waals surface area contributed by atoms with Crippen LogP contribution in [-0.2, 0) is 10.0 Å². The third-order valence-corrected chi connectivity index (χ3v) is 5.75. The minimum atomic E-state index is -3.52. The molecule has 0 amide bonds. The molecule has 1 fully saturated rings. The van der Waals surface area contributed by atoms with Gasteiger partial charge in [0.05, 0.1) is 11.5 Å². The van der Waals surface area contributed by atoms with E-state index in [0.717, 1.165) is 19.3 Å². The van der Waals surface area contributed by atoms with Crippen molar-refractivity contribution in [3.63, 3.8) is 0 Å². The Balaban J connectivity index is 2.33. The summed E-state index contributed by atoms with van der Waals surface area (Å²) in [6.45, 7) is 4.79. The van der Waals surface area contributed by atoms with Gasteiger partial charge in [-0.2, -0.15) is 4.31 Å². The molecular formula is C15H24N2O3S. The highest BCUT2D eigenvalue weighted by Gasteiger charge is 2.35. The van der Waals surface area contributed by atoms with Crippen LogP contribution in [0.4, 0.5) is 0 Å². The maximum atomic E-state index is 12.9. The first-order valence-corrected chi connectivity index (χ1v) is 8.91. The van der Waals surface area contributed by atoms with Gasteiger partial charge in [0, 0.05) is 24.7 Å². The predicted molar refractivity (Wildman–Crippen MR) is 82.8 cm³/mol. The van der Waals surface area contributed by atoms with Crippen molar-refractivity contribution < 1.29 is 13.2 Å². The molecular weight excluding hydrogens is 288 g/mol. The summed E-state index contributed by atoms with van der Waals surface area (Å²) in [6, 6.07) is 6.38. The Labute approximate surface area is 127 Å². The number of nitrogens with zero attached hydrogens (tertiary/aromatic N) is 1.